The fraction of sp³-hybridized carbons (Fsp3) is 0.333. The van der Waals surface area contributed by atoms with Crippen LogP contribution in [0, 0.1) is 0 Å². The van der Waals surface area contributed by atoms with E-state index in [4.69, 9.17) is 9.15 Å². The van der Waals surface area contributed by atoms with Gasteiger partial charge in [-0.2, -0.15) is 0 Å². The maximum atomic E-state index is 6.07. The third-order valence-electron chi connectivity index (χ3n) is 4.18. The largest absolute Gasteiger partial charge is 0.493 e. The lowest BCUT2D eigenvalue weighted by Gasteiger charge is -2.15. The van der Waals surface area contributed by atoms with Crippen molar-refractivity contribution < 1.29 is 9.15 Å². The molecule has 0 unspecified atom stereocenters. The van der Waals surface area contributed by atoms with E-state index in [0.29, 0.717) is 6.54 Å². The normalized spacial score (nSPS) is 11.0. The Morgan fingerprint density at radius 2 is 1.88 bits per heavy atom. The summed E-state index contributed by atoms with van der Waals surface area (Å²) in [5.41, 5.74) is 1.22. The van der Waals surface area contributed by atoms with Gasteiger partial charge in [-0.05, 0) is 35.4 Å². The number of ether oxygens (including phenoxy) is 1. The highest BCUT2D eigenvalue weighted by atomic mass is 16.5. The number of unbranched alkanes of at least 4 members (excludes halogenated alkanes) is 2. The smallest absolute Gasteiger partial charge is 0.124 e. The van der Waals surface area contributed by atoms with Gasteiger partial charge in [0.05, 0.1) is 19.4 Å². The molecule has 0 saturated carbocycles. The zero-order valence-corrected chi connectivity index (χ0v) is 14.3. The summed E-state index contributed by atoms with van der Waals surface area (Å²) >= 11 is 0. The van der Waals surface area contributed by atoms with Crippen molar-refractivity contribution in [1.29, 1.82) is 0 Å². The van der Waals surface area contributed by atoms with Crippen molar-refractivity contribution in [3.8, 4) is 5.75 Å². The Kier molecular flexibility index (Phi) is 5.91. The fourth-order valence-electron chi connectivity index (χ4n) is 2.89. The van der Waals surface area contributed by atoms with Gasteiger partial charge in [0, 0.05) is 12.1 Å². The predicted molar refractivity (Wildman–Crippen MR) is 98.2 cm³/mol. The lowest BCUT2D eigenvalue weighted by molar-refractivity contribution is 0.303. The average Bonchev–Trinajstić information content (AvgIpc) is 3.13. The topological polar surface area (TPSA) is 34.4 Å². The number of hydrogen-bond acceptors (Lipinski definition) is 3. The van der Waals surface area contributed by atoms with Gasteiger partial charge < -0.3 is 14.5 Å². The lowest BCUT2D eigenvalue weighted by atomic mass is 10.0. The molecule has 126 valence electrons. The molecular formula is C21H25NO2. The number of furan rings is 1. The molecule has 0 aliphatic carbocycles. The minimum atomic E-state index is 0.714. The Morgan fingerprint density at radius 1 is 0.958 bits per heavy atom. The highest BCUT2D eigenvalue weighted by molar-refractivity contribution is 5.87. The highest BCUT2D eigenvalue weighted by Gasteiger charge is 2.09. The minimum absolute atomic E-state index is 0.714. The van der Waals surface area contributed by atoms with E-state index < -0.39 is 0 Å². The summed E-state index contributed by atoms with van der Waals surface area (Å²) in [7, 11) is 0. The van der Waals surface area contributed by atoms with Crippen molar-refractivity contribution in [2.45, 2.75) is 39.3 Å². The summed E-state index contributed by atoms with van der Waals surface area (Å²) in [5, 5.41) is 5.96. The van der Waals surface area contributed by atoms with Crippen LogP contribution in [0.3, 0.4) is 0 Å². The van der Waals surface area contributed by atoms with Crippen molar-refractivity contribution in [2.24, 2.45) is 0 Å². The Hall–Kier alpha value is -2.26. The number of benzene rings is 2. The molecule has 3 nitrogen and oxygen atoms in total. The SMILES string of the molecule is CCCCCOc1ccc2ccccc2c1CNCc1ccco1. The molecule has 0 bridgehead atoms. The molecular weight excluding hydrogens is 298 g/mol. The zero-order valence-electron chi connectivity index (χ0n) is 14.3. The van der Waals surface area contributed by atoms with E-state index in [1.807, 2.05) is 12.1 Å². The molecule has 2 aromatic carbocycles. The van der Waals surface area contributed by atoms with Crippen LogP contribution in [-0.4, -0.2) is 6.61 Å². The Bertz CT molecular complexity index is 750. The van der Waals surface area contributed by atoms with Gasteiger partial charge in [0.1, 0.15) is 11.5 Å². The monoisotopic (exact) mass is 323 g/mol. The maximum Gasteiger partial charge on any atom is 0.124 e. The number of hydrogen-bond donors (Lipinski definition) is 1. The van der Waals surface area contributed by atoms with E-state index in [9.17, 15) is 0 Å². The van der Waals surface area contributed by atoms with Gasteiger partial charge in [0.2, 0.25) is 0 Å². The first kappa shape index (κ1) is 16.6. The third kappa shape index (κ3) is 4.18. The third-order valence-corrected chi connectivity index (χ3v) is 4.18. The molecule has 0 radical (unpaired) electrons. The van der Waals surface area contributed by atoms with Crippen molar-refractivity contribution in [3.63, 3.8) is 0 Å². The number of rotatable bonds is 9. The first-order valence-corrected chi connectivity index (χ1v) is 8.75. The second-order valence-corrected chi connectivity index (χ2v) is 6.00. The molecule has 3 heteroatoms. The molecule has 0 saturated heterocycles. The second kappa shape index (κ2) is 8.55. The lowest BCUT2D eigenvalue weighted by Crippen LogP contribution is -2.14. The summed E-state index contributed by atoms with van der Waals surface area (Å²) in [5.74, 6) is 1.93. The Morgan fingerprint density at radius 3 is 2.71 bits per heavy atom. The highest BCUT2D eigenvalue weighted by Crippen LogP contribution is 2.28. The van der Waals surface area contributed by atoms with Crippen LogP contribution in [0.15, 0.2) is 59.2 Å². The van der Waals surface area contributed by atoms with Crippen LogP contribution in [0.1, 0.15) is 37.5 Å². The van der Waals surface area contributed by atoms with Gasteiger partial charge in [-0.1, -0.05) is 50.1 Å². The van der Waals surface area contributed by atoms with E-state index in [-0.39, 0.29) is 0 Å². The van der Waals surface area contributed by atoms with Crippen LogP contribution >= 0.6 is 0 Å². The maximum absolute atomic E-state index is 6.07. The standard InChI is InChI=1S/C21H25NO2/c1-2-3-6-13-24-21-12-11-17-8-4-5-10-19(17)20(21)16-22-15-18-9-7-14-23-18/h4-5,7-12,14,22H,2-3,6,13,15-16H2,1H3. The fourth-order valence-corrected chi connectivity index (χ4v) is 2.89. The van der Waals surface area contributed by atoms with Gasteiger partial charge >= 0.3 is 0 Å². The van der Waals surface area contributed by atoms with Crippen LogP contribution in [-0.2, 0) is 13.1 Å². The summed E-state index contributed by atoms with van der Waals surface area (Å²) in [6, 6.07) is 16.6. The van der Waals surface area contributed by atoms with Crippen LogP contribution in [0.5, 0.6) is 5.75 Å². The predicted octanol–water partition coefficient (Wildman–Crippen LogP) is 5.29. The molecule has 0 aliphatic heterocycles. The number of fused-ring (bicyclic) bond motifs is 1. The molecule has 0 atom stereocenters. The Labute approximate surface area is 143 Å². The van der Waals surface area contributed by atoms with E-state index in [0.717, 1.165) is 31.1 Å². The molecule has 1 heterocycles. The van der Waals surface area contributed by atoms with Gasteiger partial charge in [-0.25, -0.2) is 0 Å². The van der Waals surface area contributed by atoms with Crippen molar-refractivity contribution in [2.75, 3.05) is 6.61 Å². The molecule has 0 amide bonds. The van der Waals surface area contributed by atoms with Crippen LogP contribution in [0.2, 0.25) is 0 Å². The molecule has 24 heavy (non-hydrogen) atoms. The first-order valence-electron chi connectivity index (χ1n) is 8.75. The Balaban J connectivity index is 1.75. The summed E-state index contributed by atoms with van der Waals surface area (Å²) in [6.45, 7) is 4.45. The van der Waals surface area contributed by atoms with Gasteiger partial charge in [-0.15, -0.1) is 0 Å². The van der Waals surface area contributed by atoms with Gasteiger partial charge in [0.15, 0.2) is 0 Å². The van der Waals surface area contributed by atoms with E-state index in [1.54, 1.807) is 6.26 Å². The number of nitrogens with one attached hydrogen (secondary N) is 1. The summed E-state index contributed by atoms with van der Waals surface area (Å²) in [4.78, 5) is 0. The molecule has 0 spiro atoms. The molecule has 3 rings (SSSR count). The molecule has 0 aliphatic rings. The van der Waals surface area contributed by atoms with Gasteiger partial charge in [0.25, 0.3) is 0 Å². The van der Waals surface area contributed by atoms with Crippen molar-refractivity contribution in [3.05, 3.63) is 66.1 Å². The zero-order chi connectivity index (χ0) is 16.6. The van der Waals surface area contributed by atoms with E-state index in [2.05, 4.69) is 48.6 Å². The molecule has 3 aromatic rings. The van der Waals surface area contributed by atoms with Crippen molar-refractivity contribution in [1.82, 2.24) is 5.32 Å². The van der Waals surface area contributed by atoms with Crippen LogP contribution in [0.4, 0.5) is 0 Å². The summed E-state index contributed by atoms with van der Waals surface area (Å²) < 4.78 is 11.5. The molecule has 1 aromatic heterocycles. The van der Waals surface area contributed by atoms with E-state index in [1.165, 1.54) is 29.2 Å². The minimum Gasteiger partial charge on any atom is -0.493 e. The second-order valence-electron chi connectivity index (χ2n) is 6.00. The summed E-state index contributed by atoms with van der Waals surface area (Å²) in [6.07, 6.45) is 5.22. The van der Waals surface area contributed by atoms with Gasteiger partial charge in [-0.3, -0.25) is 0 Å². The molecule has 1 N–H and O–H groups in total. The quantitative estimate of drug-likeness (QED) is 0.543. The van der Waals surface area contributed by atoms with Crippen LogP contribution in [0.25, 0.3) is 10.8 Å². The molecule has 0 fully saturated rings. The van der Waals surface area contributed by atoms with E-state index >= 15 is 0 Å². The first-order chi connectivity index (χ1) is 11.9. The average molecular weight is 323 g/mol. The van der Waals surface area contributed by atoms with Crippen molar-refractivity contribution >= 4 is 10.8 Å². The van der Waals surface area contributed by atoms with Crippen LogP contribution < -0.4 is 10.1 Å².